The number of ether oxygens (including phenoxy) is 1. The normalized spacial score (nSPS) is 9.83. The highest BCUT2D eigenvalue weighted by Gasteiger charge is 2.04. The van der Waals surface area contributed by atoms with E-state index in [1.165, 1.54) is 0 Å². The second-order valence-corrected chi connectivity index (χ2v) is 3.87. The van der Waals surface area contributed by atoms with Gasteiger partial charge in [-0.25, -0.2) is 0 Å². The predicted octanol–water partition coefficient (Wildman–Crippen LogP) is 2.99. The Bertz CT molecular complexity index is 523. The van der Waals surface area contributed by atoms with Crippen LogP contribution in [-0.4, -0.2) is 19.4 Å². The number of anilines is 1. The molecule has 0 aromatic heterocycles. The van der Waals surface area contributed by atoms with Crippen LogP contribution in [-0.2, 0) is 0 Å². The third-order valence-corrected chi connectivity index (χ3v) is 2.62. The molecule has 0 bridgehead atoms. The van der Waals surface area contributed by atoms with Crippen molar-refractivity contribution in [1.82, 2.24) is 0 Å². The van der Waals surface area contributed by atoms with Crippen molar-refractivity contribution < 1.29 is 9.53 Å². The molecule has 0 amide bonds. The molecule has 2 rings (SSSR count). The van der Waals surface area contributed by atoms with Gasteiger partial charge in [0.15, 0.2) is 5.78 Å². The maximum atomic E-state index is 11.9. The van der Waals surface area contributed by atoms with E-state index in [1.54, 1.807) is 7.11 Å². The predicted molar refractivity (Wildman–Crippen MR) is 72.3 cm³/mol. The quantitative estimate of drug-likeness (QED) is 0.818. The number of methoxy groups -OCH3 is 1. The molecule has 18 heavy (non-hydrogen) atoms. The molecule has 0 fully saturated rings. The number of carbonyl (C=O) groups excluding carboxylic acids is 1. The molecular formula is C15H15NO2. The van der Waals surface area contributed by atoms with E-state index in [4.69, 9.17) is 4.74 Å². The summed E-state index contributed by atoms with van der Waals surface area (Å²) in [4.78, 5) is 11.9. The van der Waals surface area contributed by atoms with Crippen LogP contribution in [0.3, 0.4) is 0 Å². The molecule has 0 heterocycles. The molecule has 0 spiro atoms. The second kappa shape index (κ2) is 5.87. The molecule has 0 aliphatic carbocycles. The number of Topliss-reactive ketones (excluding diaryl/α,β-unsaturated/α-hetero) is 1. The zero-order chi connectivity index (χ0) is 12.8. The molecule has 0 radical (unpaired) electrons. The summed E-state index contributed by atoms with van der Waals surface area (Å²) >= 11 is 0. The van der Waals surface area contributed by atoms with Crippen LogP contribution >= 0.6 is 0 Å². The Morgan fingerprint density at radius 3 is 2.61 bits per heavy atom. The minimum atomic E-state index is 0.0680. The number of rotatable bonds is 5. The summed E-state index contributed by atoms with van der Waals surface area (Å²) < 4.78 is 5.12. The van der Waals surface area contributed by atoms with Crippen LogP contribution in [0.1, 0.15) is 10.4 Å². The molecule has 0 atom stereocenters. The Morgan fingerprint density at radius 2 is 1.89 bits per heavy atom. The van der Waals surface area contributed by atoms with Gasteiger partial charge in [-0.05, 0) is 12.1 Å². The van der Waals surface area contributed by atoms with Gasteiger partial charge >= 0.3 is 0 Å². The number of ketones is 1. The third-order valence-electron chi connectivity index (χ3n) is 2.62. The van der Waals surface area contributed by atoms with Gasteiger partial charge in [0.25, 0.3) is 0 Å². The number of hydrogen-bond acceptors (Lipinski definition) is 3. The lowest BCUT2D eigenvalue weighted by atomic mass is 10.1. The van der Waals surface area contributed by atoms with Crippen LogP contribution in [0.5, 0.6) is 5.75 Å². The summed E-state index contributed by atoms with van der Waals surface area (Å²) in [6.45, 7) is 0.275. The molecule has 2 aromatic rings. The van der Waals surface area contributed by atoms with Crippen molar-refractivity contribution in [3.05, 3.63) is 60.2 Å². The number of benzene rings is 2. The minimum Gasteiger partial charge on any atom is -0.497 e. The van der Waals surface area contributed by atoms with E-state index in [9.17, 15) is 4.79 Å². The number of carbonyl (C=O) groups is 1. The molecule has 92 valence electrons. The molecule has 3 nitrogen and oxygen atoms in total. The van der Waals surface area contributed by atoms with E-state index < -0.39 is 0 Å². The summed E-state index contributed by atoms with van der Waals surface area (Å²) in [6, 6.07) is 16.8. The topological polar surface area (TPSA) is 38.3 Å². The van der Waals surface area contributed by atoms with Crippen molar-refractivity contribution in [1.29, 1.82) is 0 Å². The van der Waals surface area contributed by atoms with Crippen LogP contribution in [0.2, 0.25) is 0 Å². The zero-order valence-electron chi connectivity index (χ0n) is 10.2. The molecule has 2 aromatic carbocycles. The van der Waals surface area contributed by atoms with Crippen LogP contribution in [0.4, 0.5) is 5.69 Å². The first-order valence-corrected chi connectivity index (χ1v) is 5.76. The van der Waals surface area contributed by atoms with E-state index in [2.05, 4.69) is 5.32 Å². The summed E-state index contributed by atoms with van der Waals surface area (Å²) in [5, 5.41) is 3.09. The van der Waals surface area contributed by atoms with Crippen molar-refractivity contribution in [2.24, 2.45) is 0 Å². The van der Waals surface area contributed by atoms with E-state index >= 15 is 0 Å². The standard InChI is InChI=1S/C15H15NO2/c1-18-14-9-5-8-13(10-14)16-11-15(17)12-6-3-2-4-7-12/h2-10,16H,11H2,1H3. The third kappa shape index (κ3) is 3.10. The molecule has 3 heteroatoms. The molecule has 0 aliphatic rings. The Labute approximate surface area is 106 Å². The Hall–Kier alpha value is -2.29. The molecule has 0 unspecified atom stereocenters. The summed E-state index contributed by atoms with van der Waals surface area (Å²) in [5.74, 6) is 0.838. The van der Waals surface area contributed by atoms with Crippen LogP contribution < -0.4 is 10.1 Å². The molecule has 0 aliphatic heterocycles. The maximum Gasteiger partial charge on any atom is 0.181 e. The van der Waals surface area contributed by atoms with E-state index in [0.717, 1.165) is 11.4 Å². The highest BCUT2D eigenvalue weighted by Crippen LogP contribution is 2.16. The van der Waals surface area contributed by atoms with Crippen LogP contribution in [0.15, 0.2) is 54.6 Å². The molecular weight excluding hydrogens is 226 g/mol. The van der Waals surface area contributed by atoms with Crippen molar-refractivity contribution in [3.8, 4) is 5.75 Å². The smallest absolute Gasteiger partial charge is 0.181 e. The fourth-order valence-electron chi connectivity index (χ4n) is 1.64. The first kappa shape index (κ1) is 12.2. The largest absolute Gasteiger partial charge is 0.497 e. The molecule has 0 saturated carbocycles. The van der Waals surface area contributed by atoms with E-state index in [-0.39, 0.29) is 12.3 Å². The van der Waals surface area contributed by atoms with Crippen molar-refractivity contribution in [3.63, 3.8) is 0 Å². The van der Waals surface area contributed by atoms with Gasteiger partial charge in [-0.1, -0.05) is 36.4 Å². The number of nitrogens with one attached hydrogen (secondary N) is 1. The van der Waals surface area contributed by atoms with Crippen molar-refractivity contribution in [2.75, 3.05) is 19.0 Å². The molecule has 0 saturated heterocycles. The van der Waals surface area contributed by atoms with Gasteiger partial charge < -0.3 is 10.1 Å². The van der Waals surface area contributed by atoms with Gasteiger partial charge in [-0.2, -0.15) is 0 Å². The lowest BCUT2D eigenvalue weighted by molar-refractivity contribution is 0.101. The van der Waals surface area contributed by atoms with Gasteiger partial charge in [0.2, 0.25) is 0 Å². The summed E-state index contributed by atoms with van der Waals surface area (Å²) in [5.41, 5.74) is 1.59. The van der Waals surface area contributed by atoms with Gasteiger partial charge in [-0.15, -0.1) is 0 Å². The average molecular weight is 241 g/mol. The van der Waals surface area contributed by atoms with E-state index in [1.807, 2.05) is 54.6 Å². The molecule has 1 N–H and O–H groups in total. The Morgan fingerprint density at radius 1 is 1.11 bits per heavy atom. The minimum absolute atomic E-state index is 0.0680. The van der Waals surface area contributed by atoms with E-state index in [0.29, 0.717) is 5.56 Å². The fourth-order valence-corrected chi connectivity index (χ4v) is 1.64. The number of hydrogen-bond donors (Lipinski definition) is 1. The van der Waals surface area contributed by atoms with Crippen LogP contribution in [0.25, 0.3) is 0 Å². The van der Waals surface area contributed by atoms with Crippen molar-refractivity contribution >= 4 is 11.5 Å². The SMILES string of the molecule is COc1cccc(NCC(=O)c2ccccc2)c1. The lowest BCUT2D eigenvalue weighted by Crippen LogP contribution is -2.13. The highest BCUT2D eigenvalue weighted by molar-refractivity contribution is 5.98. The van der Waals surface area contributed by atoms with Crippen molar-refractivity contribution in [2.45, 2.75) is 0 Å². The maximum absolute atomic E-state index is 11.9. The Kier molecular flexibility index (Phi) is 3.97. The summed E-state index contributed by atoms with van der Waals surface area (Å²) in [7, 11) is 1.62. The lowest BCUT2D eigenvalue weighted by Gasteiger charge is -2.07. The average Bonchev–Trinajstić information content (AvgIpc) is 2.46. The van der Waals surface area contributed by atoms with Gasteiger partial charge in [0, 0.05) is 17.3 Å². The zero-order valence-corrected chi connectivity index (χ0v) is 10.2. The first-order valence-electron chi connectivity index (χ1n) is 5.76. The van der Waals surface area contributed by atoms with Crippen LogP contribution in [0, 0.1) is 0 Å². The second-order valence-electron chi connectivity index (χ2n) is 3.87. The highest BCUT2D eigenvalue weighted by atomic mass is 16.5. The fraction of sp³-hybridized carbons (Fsp3) is 0.133. The van der Waals surface area contributed by atoms with Gasteiger partial charge in [0.1, 0.15) is 5.75 Å². The monoisotopic (exact) mass is 241 g/mol. The Balaban J connectivity index is 1.97. The summed E-state index contributed by atoms with van der Waals surface area (Å²) in [6.07, 6.45) is 0. The van der Waals surface area contributed by atoms with Gasteiger partial charge in [0.05, 0.1) is 13.7 Å². The van der Waals surface area contributed by atoms with Gasteiger partial charge in [-0.3, -0.25) is 4.79 Å². The first-order chi connectivity index (χ1) is 8.79.